The number of methoxy groups -OCH3 is 1. The number of rotatable bonds is 6. The average molecular weight is 591 g/mol. The molecule has 0 spiro atoms. The van der Waals surface area contributed by atoms with Crippen molar-refractivity contribution in [3.63, 3.8) is 0 Å². The predicted octanol–water partition coefficient (Wildman–Crippen LogP) is 6.09. The van der Waals surface area contributed by atoms with Crippen LogP contribution in [0.2, 0.25) is 0 Å². The van der Waals surface area contributed by atoms with E-state index in [9.17, 15) is 9.18 Å². The van der Waals surface area contributed by atoms with E-state index in [-0.39, 0.29) is 5.97 Å². The number of aromatic nitrogens is 4. The zero-order chi connectivity index (χ0) is 22.9. The standard InChI is InChI=1S/C22H15FIN5O2S2/c1-31-22(30)13-4-2-12(3-5-13)9-25-18-15-6-7-32-21(15)28-19(27-18)17-11-29(33-24)20-16(17)8-14(23)10-26-20/h2-8,10-11H,9H2,1H3,(H,25,27,28). The van der Waals surface area contributed by atoms with Crippen LogP contribution in [0.1, 0.15) is 15.9 Å². The quantitative estimate of drug-likeness (QED) is 0.189. The maximum atomic E-state index is 14.0. The van der Waals surface area contributed by atoms with Gasteiger partial charge in [-0.1, -0.05) is 12.1 Å². The number of pyridine rings is 1. The molecule has 0 saturated heterocycles. The number of anilines is 1. The molecule has 0 aliphatic heterocycles. The van der Waals surface area contributed by atoms with E-state index >= 15 is 0 Å². The highest BCUT2D eigenvalue weighted by Gasteiger charge is 2.18. The molecule has 5 aromatic rings. The Hall–Kier alpha value is -2.77. The van der Waals surface area contributed by atoms with Gasteiger partial charge in [0, 0.05) is 54.0 Å². The Kier molecular flexibility index (Phi) is 6.17. The summed E-state index contributed by atoms with van der Waals surface area (Å²) in [6.07, 6.45) is 3.08. The van der Waals surface area contributed by atoms with Crippen molar-refractivity contribution >= 4 is 74.7 Å². The lowest BCUT2D eigenvalue weighted by molar-refractivity contribution is 0.0600. The van der Waals surface area contributed by atoms with E-state index in [1.807, 2.05) is 33.7 Å². The SMILES string of the molecule is COC(=O)c1ccc(CNc2nc(-c3cn(SI)c4ncc(F)cc34)nc3sccc23)cc1. The third kappa shape index (κ3) is 4.27. The number of halogens is 2. The van der Waals surface area contributed by atoms with E-state index < -0.39 is 5.82 Å². The van der Waals surface area contributed by atoms with Crippen LogP contribution in [0.5, 0.6) is 0 Å². The zero-order valence-electron chi connectivity index (χ0n) is 17.1. The average Bonchev–Trinajstić information content (AvgIpc) is 3.46. The van der Waals surface area contributed by atoms with Crippen LogP contribution >= 0.6 is 41.7 Å². The van der Waals surface area contributed by atoms with Gasteiger partial charge in [-0.15, -0.1) is 11.3 Å². The number of esters is 1. The molecule has 0 radical (unpaired) electrons. The van der Waals surface area contributed by atoms with Gasteiger partial charge in [-0.25, -0.2) is 24.1 Å². The van der Waals surface area contributed by atoms with Crippen molar-refractivity contribution in [2.45, 2.75) is 6.54 Å². The van der Waals surface area contributed by atoms with Gasteiger partial charge in [-0.2, -0.15) is 0 Å². The summed E-state index contributed by atoms with van der Waals surface area (Å²) in [6.45, 7) is 0.504. The summed E-state index contributed by atoms with van der Waals surface area (Å²) in [5.74, 6) is 0.395. The largest absolute Gasteiger partial charge is 0.465 e. The van der Waals surface area contributed by atoms with Gasteiger partial charge in [-0.3, -0.25) is 3.97 Å². The number of thiophene rings is 1. The summed E-state index contributed by atoms with van der Waals surface area (Å²) in [7, 11) is 2.80. The summed E-state index contributed by atoms with van der Waals surface area (Å²) in [6, 6.07) is 10.6. The van der Waals surface area contributed by atoms with Crippen LogP contribution in [0.15, 0.2) is 54.2 Å². The first-order valence-electron chi connectivity index (χ1n) is 9.70. The van der Waals surface area contributed by atoms with Crippen LogP contribution < -0.4 is 5.32 Å². The normalized spacial score (nSPS) is 11.2. The van der Waals surface area contributed by atoms with Crippen molar-refractivity contribution in [1.82, 2.24) is 18.9 Å². The van der Waals surface area contributed by atoms with Crippen molar-refractivity contribution in [3.05, 3.63) is 71.1 Å². The molecule has 5 rings (SSSR count). The molecule has 0 bridgehead atoms. The van der Waals surface area contributed by atoms with Gasteiger partial charge < -0.3 is 10.1 Å². The lowest BCUT2D eigenvalue weighted by atomic mass is 10.1. The Balaban J connectivity index is 1.52. The molecule has 7 nitrogen and oxygen atoms in total. The van der Waals surface area contributed by atoms with E-state index in [0.29, 0.717) is 40.3 Å². The molecule has 0 fully saturated rings. The van der Waals surface area contributed by atoms with Crippen molar-refractivity contribution in [3.8, 4) is 11.4 Å². The lowest BCUT2D eigenvalue weighted by Gasteiger charge is -2.09. The predicted molar refractivity (Wildman–Crippen MR) is 138 cm³/mol. The van der Waals surface area contributed by atoms with Gasteiger partial charge in [0.25, 0.3) is 0 Å². The second kappa shape index (κ2) is 9.23. The number of benzene rings is 1. The Morgan fingerprint density at radius 3 is 2.82 bits per heavy atom. The van der Waals surface area contributed by atoms with Gasteiger partial charge >= 0.3 is 5.97 Å². The molecule has 0 aliphatic carbocycles. The smallest absolute Gasteiger partial charge is 0.337 e. The molecule has 1 N–H and O–H groups in total. The van der Waals surface area contributed by atoms with E-state index in [1.54, 1.807) is 12.1 Å². The lowest BCUT2D eigenvalue weighted by Crippen LogP contribution is -2.05. The molecular weight excluding hydrogens is 576 g/mol. The van der Waals surface area contributed by atoms with Crippen molar-refractivity contribution in [1.29, 1.82) is 0 Å². The molecule has 0 unspecified atom stereocenters. The van der Waals surface area contributed by atoms with Crippen LogP contribution in [-0.2, 0) is 11.3 Å². The number of carbonyl (C=O) groups is 1. The van der Waals surface area contributed by atoms with Crippen molar-refractivity contribution < 1.29 is 13.9 Å². The number of hydrogen-bond acceptors (Lipinski definition) is 8. The minimum Gasteiger partial charge on any atom is -0.465 e. The van der Waals surface area contributed by atoms with Gasteiger partial charge in [0.05, 0.1) is 24.3 Å². The van der Waals surface area contributed by atoms with Crippen molar-refractivity contribution in [2.24, 2.45) is 0 Å². The highest BCUT2D eigenvalue weighted by Crippen LogP contribution is 2.35. The fraction of sp³-hybridized carbons (Fsp3) is 0.0909. The Bertz CT molecular complexity index is 1490. The molecule has 0 atom stereocenters. The van der Waals surface area contributed by atoms with Gasteiger partial charge in [-0.05, 0) is 35.2 Å². The van der Waals surface area contributed by atoms with Crippen molar-refractivity contribution in [2.75, 3.05) is 12.4 Å². The third-order valence-corrected chi connectivity index (χ3v) is 7.56. The first-order valence-corrected chi connectivity index (χ1v) is 13.9. The fourth-order valence-electron chi connectivity index (χ4n) is 3.46. The molecule has 0 amide bonds. The Labute approximate surface area is 208 Å². The topological polar surface area (TPSA) is 81.9 Å². The molecule has 4 aromatic heterocycles. The molecule has 0 saturated carbocycles. The van der Waals surface area contributed by atoms with Gasteiger partial charge in [0.15, 0.2) is 11.5 Å². The summed E-state index contributed by atoms with van der Waals surface area (Å²) >= 11 is 3.67. The summed E-state index contributed by atoms with van der Waals surface area (Å²) < 4.78 is 20.6. The maximum Gasteiger partial charge on any atom is 0.337 e. The molecule has 0 aliphatic rings. The Morgan fingerprint density at radius 1 is 1.24 bits per heavy atom. The number of nitrogens with zero attached hydrogens (tertiary/aromatic N) is 4. The fourth-order valence-corrected chi connectivity index (χ4v) is 5.48. The summed E-state index contributed by atoms with van der Waals surface area (Å²) in [5.41, 5.74) is 2.84. The van der Waals surface area contributed by atoms with Gasteiger partial charge in [0.1, 0.15) is 16.5 Å². The highest BCUT2D eigenvalue weighted by atomic mass is 127. The Morgan fingerprint density at radius 2 is 2.06 bits per heavy atom. The van der Waals surface area contributed by atoms with E-state index in [4.69, 9.17) is 14.7 Å². The number of nitrogens with one attached hydrogen (secondary N) is 1. The summed E-state index contributed by atoms with van der Waals surface area (Å²) in [4.78, 5) is 26.2. The molecule has 166 valence electrons. The summed E-state index contributed by atoms with van der Waals surface area (Å²) in [5, 5.41) is 6.90. The third-order valence-electron chi connectivity index (χ3n) is 5.05. The van der Waals surface area contributed by atoms with Crippen LogP contribution in [0.4, 0.5) is 10.2 Å². The maximum absolute atomic E-state index is 14.0. The molecule has 4 heterocycles. The first kappa shape index (κ1) is 22.0. The van der Waals surface area contributed by atoms with E-state index in [1.165, 1.54) is 39.8 Å². The monoisotopic (exact) mass is 591 g/mol. The highest BCUT2D eigenvalue weighted by molar-refractivity contribution is 14.2. The number of hydrogen-bond donors (Lipinski definition) is 1. The molecule has 33 heavy (non-hydrogen) atoms. The van der Waals surface area contributed by atoms with E-state index in [0.717, 1.165) is 15.8 Å². The van der Waals surface area contributed by atoms with Crippen LogP contribution in [-0.4, -0.2) is 32.0 Å². The van der Waals surface area contributed by atoms with Crippen LogP contribution in [0.25, 0.3) is 32.6 Å². The first-order chi connectivity index (χ1) is 16.1. The molecule has 1 aromatic carbocycles. The van der Waals surface area contributed by atoms with Crippen LogP contribution in [0, 0.1) is 5.82 Å². The van der Waals surface area contributed by atoms with Gasteiger partial charge in [0.2, 0.25) is 0 Å². The molecule has 11 heteroatoms. The second-order valence-electron chi connectivity index (χ2n) is 7.04. The minimum atomic E-state index is -0.411. The molecular formula is C22H15FIN5O2S2. The minimum absolute atomic E-state index is 0.371. The van der Waals surface area contributed by atoms with E-state index in [2.05, 4.69) is 31.5 Å². The van der Waals surface area contributed by atoms with Crippen LogP contribution in [0.3, 0.4) is 0 Å². The second-order valence-corrected chi connectivity index (χ2v) is 9.65. The number of ether oxygens (including phenoxy) is 1. The number of fused-ring (bicyclic) bond motifs is 2. The number of carbonyl (C=O) groups excluding carboxylic acids is 1. The zero-order valence-corrected chi connectivity index (χ0v) is 20.9.